The molecule has 1 heterocycles. The molecule has 7 heteroatoms. The van der Waals surface area contributed by atoms with Crippen molar-refractivity contribution < 1.29 is 24.5 Å². The number of nitrogens with one attached hydrogen (secondary N) is 1. The summed E-state index contributed by atoms with van der Waals surface area (Å²) in [5, 5.41) is 23.1. The van der Waals surface area contributed by atoms with Crippen LogP contribution in [-0.4, -0.2) is 65.1 Å². The average molecular weight is 316 g/mol. The van der Waals surface area contributed by atoms with E-state index in [0.29, 0.717) is 6.42 Å². The summed E-state index contributed by atoms with van der Waals surface area (Å²) in [6.07, 6.45) is -1.77. The molecule has 7 nitrogen and oxygen atoms in total. The molecule has 22 heavy (non-hydrogen) atoms. The molecular weight excluding hydrogens is 288 g/mol. The Morgan fingerprint density at radius 2 is 1.95 bits per heavy atom. The number of ether oxygens (including phenoxy) is 1. The van der Waals surface area contributed by atoms with E-state index in [1.807, 2.05) is 27.7 Å². The molecule has 0 aliphatic carbocycles. The van der Waals surface area contributed by atoms with Crippen LogP contribution in [0.1, 0.15) is 34.1 Å². The van der Waals surface area contributed by atoms with Gasteiger partial charge in [0.25, 0.3) is 0 Å². The second-order valence-electron chi connectivity index (χ2n) is 6.60. The number of urea groups is 1. The quantitative estimate of drug-likeness (QED) is 0.636. The van der Waals surface area contributed by atoms with Gasteiger partial charge in [-0.15, -0.1) is 0 Å². The van der Waals surface area contributed by atoms with Crippen molar-refractivity contribution in [1.82, 2.24) is 10.2 Å². The minimum Gasteiger partial charge on any atom is -0.467 e. The van der Waals surface area contributed by atoms with Crippen molar-refractivity contribution in [2.45, 2.75) is 58.4 Å². The number of rotatable bonds is 5. The molecule has 3 N–H and O–H groups in total. The lowest BCUT2D eigenvalue weighted by Gasteiger charge is -2.30. The highest BCUT2D eigenvalue weighted by Gasteiger charge is 2.41. The topological polar surface area (TPSA) is 99.1 Å². The maximum atomic E-state index is 12.4. The van der Waals surface area contributed by atoms with Crippen LogP contribution < -0.4 is 5.32 Å². The van der Waals surface area contributed by atoms with Gasteiger partial charge in [0.1, 0.15) is 12.1 Å². The van der Waals surface area contributed by atoms with Crippen LogP contribution in [0.15, 0.2) is 0 Å². The van der Waals surface area contributed by atoms with E-state index >= 15 is 0 Å². The summed E-state index contributed by atoms with van der Waals surface area (Å²) in [5.74, 6) is -0.396. The first-order valence-corrected chi connectivity index (χ1v) is 7.70. The maximum Gasteiger partial charge on any atom is 0.328 e. The number of esters is 1. The monoisotopic (exact) mass is 316 g/mol. The van der Waals surface area contributed by atoms with E-state index in [2.05, 4.69) is 5.32 Å². The average Bonchev–Trinajstić information content (AvgIpc) is 2.55. The second-order valence-corrected chi connectivity index (χ2v) is 6.60. The zero-order chi connectivity index (χ0) is 17.0. The van der Waals surface area contributed by atoms with Gasteiger partial charge in [-0.3, -0.25) is 0 Å². The van der Waals surface area contributed by atoms with Gasteiger partial charge in [0.15, 0.2) is 0 Å². The first-order chi connectivity index (χ1) is 10.2. The third-order valence-corrected chi connectivity index (χ3v) is 3.96. The maximum absolute atomic E-state index is 12.4. The molecule has 0 bridgehead atoms. The molecule has 0 spiro atoms. The van der Waals surface area contributed by atoms with Gasteiger partial charge in [0.2, 0.25) is 0 Å². The van der Waals surface area contributed by atoms with Crippen LogP contribution in [0.4, 0.5) is 4.79 Å². The molecule has 128 valence electrons. The molecule has 1 aliphatic rings. The number of nitrogens with zero attached hydrogens (tertiary/aromatic N) is 1. The number of β-amino-alcohol motifs (C(OH)–C–C–N with tert-alkyl or cyclic N) is 1. The Labute approximate surface area is 131 Å². The highest BCUT2D eigenvalue weighted by atomic mass is 16.5. The van der Waals surface area contributed by atoms with Gasteiger partial charge in [-0.1, -0.05) is 27.7 Å². The first kappa shape index (κ1) is 18.7. The fraction of sp³-hybridized carbons (Fsp3) is 0.867. The largest absolute Gasteiger partial charge is 0.467 e. The Kier molecular flexibility index (Phi) is 6.62. The normalized spacial score (nSPS) is 27.6. The van der Waals surface area contributed by atoms with Crippen molar-refractivity contribution in [1.29, 1.82) is 0 Å². The fourth-order valence-electron chi connectivity index (χ4n) is 2.71. The molecule has 0 aromatic carbocycles. The SMILES string of the molecule is COC(=O)[C@H](CC(C)C)N1C[C@@H](O)[C@@H](O)[C@H](C(C)C)NC1=O. The van der Waals surface area contributed by atoms with Crippen molar-refractivity contribution in [2.24, 2.45) is 11.8 Å². The van der Waals surface area contributed by atoms with Crippen LogP contribution in [0.5, 0.6) is 0 Å². The van der Waals surface area contributed by atoms with E-state index in [-0.39, 0.29) is 18.4 Å². The number of amides is 2. The number of aliphatic hydroxyl groups is 2. The predicted octanol–water partition coefficient (Wildman–Crippen LogP) is 0.346. The Balaban J connectivity index is 3.05. The van der Waals surface area contributed by atoms with Gasteiger partial charge in [0.05, 0.1) is 25.8 Å². The third-order valence-electron chi connectivity index (χ3n) is 3.96. The summed E-state index contributed by atoms with van der Waals surface area (Å²) >= 11 is 0. The molecule has 0 radical (unpaired) electrons. The Hall–Kier alpha value is -1.34. The number of aliphatic hydroxyl groups excluding tert-OH is 2. The minimum absolute atomic E-state index is 0.0461. The van der Waals surface area contributed by atoms with Gasteiger partial charge in [0, 0.05) is 0 Å². The summed E-state index contributed by atoms with van der Waals surface area (Å²) in [6, 6.07) is -1.81. The smallest absolute Gasteiger partial charge is 0.328 e. The fourth-order valence-corrected chi connectivity index (χ4v) is 2.71. The molecule has 0 unspecified atom stereocenters. The zero-order valence-electron chi connectivity index (χ0n) is 13.9. The van der Waals surface area contributed by atoms with Gasteiger partial charge in [-0.25, -0.2) is 9.59 Å². The summed E-state index contributed by atoms with van der Waals surface area (Å²) in [5.41, 5.74) is 0. The van der Waals surface area contributed by atoms with Crippen molar-refractivity contribution in [3.8, 4) is 0 Å². The Morgan fingerprint density at radius 3 is 2.41 bits per heavy atom. The molecule has 2 amide bonds. The molecule has 0 aromatic heterocycles. The van der Waals surface area contributed by atoms with Gasteiger partial charge in [-0.05, 0) is 18.3 Å². The van der Waals surface area contributed by atoms with E-state index in [1.54, 1.807) is 0 Å². The second kappa shape index (κ2) is 7.78. The lowest BCUT2D eigenvalue weighted by Crippen LogP contribution is -2.52. The zero-order valence-corrected chi connectivity index (χ0v) is 13.9. The van der Waals surface area contributed by atoms with Gasteiger partial charge in [-0.2, -0.15) is 0 Å². The van der Waals surface area contributed by atoms with E-state index in [4.69, 9.17) is 4.74 Å². The van der Waals surface area contributed by atoms with Crippen molar-refractivity contribution >= 4 is 12.0 Å². The Morgan fingerprint density at radius 1 is 1.36 bits per heavy atom. The molecule has 0 aromatic rings. The number of carbonyl (C=O) groups is 2. The molecular formula is C15H28N2O5. The number of carbonyl (C=O) groups excluding carboxylic acids is 2. The van der Waals surface area contributed by atoms with Crippen molar-refractivity contribution in [3.05, 3.63) is 0 Å². The van der Waals surface area contributed by atoms with Gasteiger partial charge < -0.3 is 25.2 Å². The molecule has 1 aliphatic heterocycles. The summed E-state index contributed by atoms with van der Waals surface area (Å²) in [7, 11) is 1.27. The molecule has 4 atom stereocenters. The molecule has 0 saturated carbocycles. The Bertz CT molecular complexity index is 399. The number of hydrogen-bond acceptors (Lipinski definition) is 5. The predicted molar refractivity (Wildman–Crippen MR) is 81.1 cm³/mol. The molecule has 1 fully saturated rings. The minimum atomic E-state index is -1.12. The highest BCUT2D eigenvalue weighted by Crippen LogP contribution is 2.20. The van der Waals surface area contributed by atoms with Crippen LogP contribution in [0.25, 0.3) is 0 Å². The number of hydrogen-bond donors (Lipinski definition) is 3. The summed E-state index contributed by atoms with van der Waals surface area (Å²) in [4.78, 5) is 25.7. The number of methoxy groups -OCH3 is 1. The summed E-state index contributed by atoms with van der Waals surface area (Å²) in [6.45, 7) is 7.47. The van der Waals surface area contributed by atoms with Crippen LogP contribution in [0.2, 0.25) is 0 Å². The molecule has 1 rings (SSSR count). The summed E-state index contributed by atoms with van der Waals surface area (Å²) < 4.78 is 4.79. The first-order valence-electron chi connectivity index (χ1n) is 7.70. The van der Waals surface area contributed by atoms with E-state index < -0.39 is 36.3 Å². The lowest BCUT2D eigenvalue weighted by molar-refractivity contribution is -0.147. The lowest BCUT2D eigenvalue weighted by atomic mass is 9.95. The van der Waals surface area contributed by atoms with Crippen molar-refractivity contribution in [2.75, 3.05) is 13.7 Å². The van der Waals surface area contributed by atoms with Gasteiger partial charge >= 0.3 is 12.0 Å². The van der Waals surface area contributed by atoms with Crippen LogP contribution in [0.3, 0.4) is 0 Å². The van der Waals surface area contributed by atoms with E-state index in [9.17, 15) is 19.8 Å². The molecule has 1 saturated heterocycles. The van der Waals surface area contributed by atoms with Crippen LogP contribution in [0, 0.1) is 11.8 Å². The standard InChI is InChI=1S/C15H28N2O5/c1-8(2)6-10(14(20)22-5)17-7-11(18)13(19)12(9(3)4)16-15(17)21/h8-13,18-19H,6-7H2,1-5H3,(H,16,21)/t10-,11+,12-,13+/m0/s1. The van der Waals surface area contributed by atoms with Crippen LogP contribution >= 0.6 is 0 Å². The van der Waals surface area contributed by atoms with Crippen LogP contribution in [-0.2, 0) is 9.53 Å². The van der Waals surface area contributed by atoms with E-state index in [0.717, 1.165) is 0 Å². The highest BCUT2D eigenvalue weighted by molar-refractivity contribution is 5.84. The van der Waals surface area contributed by atoms with E-state index in [1.165, 1.54) is 12.0 Å². The third kappa shape index (κ3) is 4.33. The van der Waals surface area contributed by atoms with Crippen molar-refractivity contribution in [3.63, 3.8) is 0 Å².